The highest BCUT2D eigenvalue weighted by Gasteiger charge is 2.54. The van der Waals surface area contributed by atoms with Gasteiger partial charge in [0.25, 0.3) is 11.8 Å². The molecular weight excluding hydrogens is 394 g/mol. The summed E-state index contributed by atoms with van der Waals surface area (Å²) in [6, 6.07) is 8.73. The topological polar surface area (TPSA) is 112 Å². The molecule has 2 amide bonds. The van der Waals surface area contributed by atoms with Crippen LogP contribution in [0.25, 0.3) is 11.0 Å². The van der Waals surface area contributed by atoms with Crippen molar-refractivity contribution in [3.05, 3.63) is 59.9 Å². The van der Waals surface area contributed by atoms with Gasteiger partial charge in [-0.3, -0.25) is 14.6 Å². The van der Waals surface area contributed by atoms with E-state index in [2.05, 4.69) is 15.3 Å². The van der Waals surface area contributed by atoms with E-state index >= 15 is 0 Å². The zero-order valence-corrected chi connectivity index (χ0v) is 16.9. The number of likely N-dealkylation sites (tertiary alicyclic amines) is 1. The number of furan rings is 1. The molecule has 0 radical (unpaired) electrons. The number of rotatable bonds is 4. The van der Waals surface area contributed by atoms with Crippen LogP contribution in [0.5, 0.6) is 0 Å². The first-order valence-corrected chi connectivity index (χ1v) is 10.4. The summed E-state index contributed by atoms with van der Waals surface area (Å²) in [6.45, 7) is 2.00. The number of hydrogen-bond donors (Lipinski definition) is 1. The fraction of sp³-hybridized carbons (Fsp3) is 0.348. The van der Waals surface area contributed by atoms with Crippen molar-refractivity contribution >= 4 is 22.8 Å². The molecule has 5 rings (SSSR count). The highest BCUT2D eigenvalue weighted by Crippen LogP contribution is 2.59. The number of nitrogens with zero attached hydrogens (tertiary/aromatic N) is 4. The number of pyridine rings is 2. The normalized spacial score (nSPS) is 19.2. The summed E-state index contributed by atoms with van der Waals surface area (Å²) < 4.78 is 5.57. The molecule has 8 heteroatoms. The Kier molecular flexibility index (Phi) is 4.66. The molecule has 8 nitrogen and oxygen atoms in total. The third-order valence-electron chi connectivity index (χ3n) is 6.59. The predicted octanol–water partition coefficient (Wildman–Crippen LogP) is 2.77. The minimum absolute atomic E-state index is 0.0447. The van der Waals surface area contributed by atoms with Crippen LogP contribution in [0.15, 0.2) is 47.3 Å². The zero-order chi connectivity index (χ0) is 21.4. The van der Waals surface area contributed by atoms with Gasteiger partial charge in [0.1, 0.15) is 11.8 Å². The van der Waals surface area contributed by atoms with E-state index in [1.54, 1.807) is 30.6 Å². The molecule has 1 saturated carbocycles. The van der Waals surface area contributed by atoms with Gasteiger partial charge in [0.05, 0.1) is 11.8 Å². The molecule has 1 atom stereocenters. The second kappa shape index (κ2) is 7.51. The van der Waals surface area contributed by atoms with Crippen molar-refractivity contribution in [3.63, 3.8) is 0 Å². The SMILES string of the molecule is N#Cc1ccc(C(=O)N2CCC3(CC2)CC3CNC(=O)c2cc3ccncc3o2)cn1. The Morgan fingerprint density at radius 3 is 2.81 bits per heavy atom. The van der Waals surface area contributed by atoms with Gasteiger partial charge in [0.2, 0.25) is 0 Å². The lowest BCUT2D eigenvalue weighted by molar-refractivity contribution is 0.0668. The number of carbonyl (C=O) groups excluding carboxylic acids is 2. The van der Waals surface area contributed by atoms with Gasteiger partial charge >= 0.3 is 0 Å². The lowest BCUT2D eigenvalue weighted by atomic mass is 9.90. The van der Waals surface area contributed by atoms with Gasteiger partial charge < -0.3 is 14.6 Å². The van der Waals surface area contributed by atoms with Crippen molar-refractivity contribution in [1.82, 2.24) is 20.2 Å². The average molecular weight is 415 g/mol. The van der Waals surface area contributed by atoms with Gasteiger partial charge in [0, 0.05) is 37.4 Å². The van der Waals surface area contributed by atoms with Crippen molar-refractivity contribution in [3.8, 4) is 6.07 Å². The number of nitrogens with one attached hydrogen (secondary N) is 1. The molecule has 1 saturated heterocycles. The van der Waals surface area contributed by atoms with Crippen LogP contribution >= 0.6 is 0 Å². The van der Waals surface area contributed by atoms with Crippen LogP contribution in [-0.4, -0.2) is 46.3 Å². The van der Waals surface area contributed by atoms with Gasteiger partial charge in [-0.1, -0.05) is 0 Å². The molecular formula is C23H21N5O3. The Bertz CT molecular complexity index is 1150. The lowest BCUT2D eigenvalue weighted by Gasteiger charge is -2.33. The van der Waals surface area contributed by atoms with E-state index in [1.807, 2.05) is 17.0 Å². The Balaban J connectivity index is 1.13. The Labute approximate surface area is 178 Å². The molecule has 156 valence electrons. The maximum Gasteiger partial charge on any atom is 0.287 e. The van der Waals surface area contributed by atoms with Gasteiger partial charge in [-0.25, -0.2) is 4.98 Å². The summed E-state index contributed by atoms with van der Waals surface area (Å²) in [5.41, 5.74) is 1.63. The summed E-state index contributed by atoms with van der Waals surface area (Å²) in [7, 11) is 0. The molecule has 3 aromatic rings. The fourth-order valence-electron chi connectivity index (χ4n) is 4.56. The van der Waals surface area contributed by atoms with Crippen LogP contribution in [0, 0.1) is 22.7 Å². The molecule has 1 aliphatic carbocycles. The van der Waals surface area contributed by atoms with E-state index in [9.17, 15) is 9.59 Å². The Morgan fingerprint density at radius 1 is 1.26 bits per heavy atom. The van der Waals surface area contributed by atoms with E-state index < -0.39 is 0 Å². The van der Waals surface area contributed by atoms with Crippen LogP contribution in [0.3, 0.4) is 0 Å². The lowest BCUT2D eigenvalue weighted by Crippen LogP contribution is -2.40. The minimum Gasteiger partial charge on any atom is -0.449 e. The van der Waals surface area contributed by atoms with Gasteiger partial charge in [0.15, 0.2) is 11.3 Å². The molecule has 1 spiro atoms. The highest BCUT2D eigenvalue weighted by atomic mass is 16.3. The Hall–Kier alpha value is -3.73. The van der Waals surface area contributed by atoms with E-state index in [0.29, 0.717) is 48.2 Å². The quantitative estimate of drug-likeness (QED) is 0.701. The summed E-state index contributed by atoms with van der Waals surface area (Å²) in [5, 5.41) is 12.7. The maximum atomic E-state index is 12.7. The van der Waals surface area contributed by atoms with Gasteiger partial charge in [-0.15, -0.1) is 0 Å². The fourth-order valence-corrected chi connectivity index (χ4v) is 4.56. The third kappa shape index (κ3) is 3.63. The molecule has 3 aromatic heterocycles. The van der Waals surface area contributed by atoms with Crippen molar-refractivity contribution in [2.45, 2.75) is 19.3 Å². The summed E-state index contributed by atoms with van der Waals surface area (Å²) >= 11 is 0. The van der Waals surface area contributed by atoms with Crippen LogP contribution in [0.1, 0.15) is 45.9 Å². The predicted molar refractivity (Wildman–Crippen MR) is 111 cm³/mol. The number of fused-ring (bicyclic) bond motifs is 1. The van der Waals surface area contributed by atoms with Crippen LogP contribution in [-0.2, 0) is 0 Å². The standard InChI is InChI=1S/C23H21N5O3/c24-11-18-2-1-16(12-26-18)22(30)28-7-4-23(5-8-28)10-17(23)13-27-21(29)19-9-15-3-6-25-14-20(15)31-19/h1-3,6,9,12,14,17H,4-5,7-8,10,13H2,(H,27,29). The van der Waals surface area contributed by atoms with Crippen LogP contribution < -0.4 is 5.32 Å². The molecule has 0 aromatic carbocycles. The van der Waals surface area contributed by atoms with E-state index in [4.69, 9.17) is 9.68 Å². The zero-order valence-electron chi connectivity index (χ0n) is 16.9. The molecule has 1 N–H and O–H groups in total. The molecule has 2 fully saturated rings. The average Bonchev–Trinajstić information content (AvgIpc) is 3.28. The van der Waals surface area contributed by atoms with Crippen LogP contribution in [0.2, 0.25) is 0 Å². The summed E-state index contributed by atoms with van der Waals surface area (Å²) in [4.78, 5) is 35.0. The largest absolute Gasteiger partial charge is 0.449 e. The first kappa shape index (κ1) is 19.2. The first-order valence-electron chi connectivity index (χ1n) is 10.4. The number of amides is 2. The molecule has 31 heavy (non-hydrogen) atoms. The van der Waals surface area contributed by atoms with Crippen molar-refractivity contribution in [1.29, 1.82) is 5.26 Å². The molecule has 4 heterocycles. The molecule has 1 aliphatic heterocycles. The number of piperidine rings is 1. The van der Waals surface area contributed by atoms with E-state index in [0.717, 1.165) is 24.6 Å². The first-order chi connectivity index (χ1) is 15.1. The number of aromatic nitrogens is 2. The summed E-state index contributed by atoms with van der Waals surface area (Å²) in [5.74, 6) is 0.473. The summed E-state index contributed by atoms with van der Waals surface area (Å²) in [6.07, 6.45) is 7.67. The maximum absolute atomic E-state index is 12.7. The molecule has 2 aliphatic rings. The van der Waals surface area contributed by atoms with E-state index in [-0.39, 0.29) is 17.2 Å². The van der Waals surface area contributed by atoms with Crippen molar-refractivity contribution < 1.29 is 14.0 Å². The van der Waals surface area contributed by atoms with E-state index in [1.165, 1.54) is 6.20 Å². The second-order valence-corrected chi connectivity index (χ2v) is 8.33. The van der Waals surface area contributed by atoms with Crippen molar-refractivity contribution in [2.75, 3.05) is 19.6 Å². The van der Waals surface area contributed by atoms with Crippen LogP contribution in [0.4, 0.5) is 0 Å². The molecule has 0 bridgehead atoms. The minimum atomic E-state index is -0.209. The molecule has 1 unspecified atom stereocenters. The number of nitriles is 1. The third-order valence-corrected chi connectivity index (χ3v) is 6.59. The number of carbonyl (C=O) groups is 2. The number of hydrogen-bond acceptors (Lipinski definition) is 6. The Morgan fingerprint density at radius 2 is 2.10 bits per heavy atom. The monoisotopic (exact) mass is 415 g/mol. The van der Waals surface area contributed by atoms with Gasteiger partial charge in [-0.2, -0.15) is 5.26 Å². The van der Waals surface area contributed by atoms with Gasteiger partial charge in [-0.05, 0) is 54.9 Å². The second-order valence-electron chi connectivity index (χ2n) is 8.33. The van der Waals surface area contributed by atoms with Crippen molar-refractivity contribution in [2.24, 2.45) is 11.3 Å². The smallest absolute Gasteiger partial charge is 0.287 e. The highest BCUT2D eigenvalue weighted by molar-refractivity contribution is 5.96.